The molecule has 1 nitrogen and oxygen atoms in total. The topological polar surface area (TPSA) is 12.0 Å². The lowest BCUT2D eigenvalue weighted by atomic mass is 9.92. The summed E-state index contributed by atoms with van der Waals surface area (Å²) < 4.78 is 0. The zero-order valence-electron chi connectivity index (χ0n) is 8.00. The van der Waals surface area contributed by atoms with Gasteiger partial charge in [0.1, 0.15) is 0 Å². The highest BCUT2D eigenvalue weighted by atomic mass is 14.8. The number of hydrogen-bond donors (Lipinski definition) is 1. The molecule has 1 N–H and O–H groups in total. The van der Waals surface area contributed by atoms with Crippen LogP contribution in [-0.2, 0) is 0 Å². The van der Waals surface area contributed by atoms with E-state index in [0.717, 1.165) is 5.92 Å². The lowest BCUT2D eigenvalue weighted by Gasteiger charge is -2.13. The zero-order valence-corrected chi connectivity index (χ0v) is 8.00. The number of rotatable bonds is 1. The Hall–Kier alpha value is -0.820. The molecule has 1 aliphatic rings. The van der Waals surface area contributed by atoms with Crippen LogP contribution in [0.5, 0.6) is 0 Å². The molecule has 2 rings (SSSR count). The number of nitrogens with one attached hydrogen (secondary N) is 1. The first-order chi connectivity index (χ1) is 6.47. The van der Waals surface area contributed by atoms with Crippen LogP contribution >= 0.6 is 0 Å². The Morgan fingerprint density at radius 2 is 1.85 bits per heavy atom. The predicted octanol–water partition coefficient (Wildman–Crippen LogP) is 2.54. The molecule has 1 heterocycles. The van der Waals surface area contributed by atoms with Gasteiger partial charge >= 0.3 is 0 Å². The van der Waals surface area contributed by atoms with Gasteiger partial charge in [0.15, 0.2) is 0 Å². The second-order valence-electron chi connectivity index (χ2n) is 3.79. The molecule has 1 aliphatic heterocycles. The van der Waals surface area contributed by atoms with Gasteiger partial charge < -0.3 is 5.32 Å². The van der Waals surface area contributed by atoms with Gasteiger partial charge in [0.05, 0.1) is 0 Å². The molecule has 0 amide bonds. The smallest absolute Gasteiger partial charge is 0.00431 e. The third-order valence-electron chi connectivity index (χ3n) is 2.85. The molecule has 0 radical (unpaired) electrons. The SMILES string of the molecule is c1ccc([C@@H]2CCCNCC2)cc1. The first-order valence-corrected chi connectivity index (χ1v) is 5.22. The van der Waals surface area contributed by atoms with Crippen LogP contribution in [0.2, 0.25) is 0 Å². The molecule has 1 aromatic carbocycles. The van der Waals surface area contributed by atoms with Crippen molar-refractivity contribution in [1.29, 1.82) is 0 Å². The maximum atomic E-state index is 3.45. The van der Waals surface area contributed by atoms with Crippen LogP contribution in [0.4, 0.5) is 0 Å². The van der Waals surface area contributed by atoms with Crippen LogP contribution in [0, 0.1) is 0 Å². The van der Waals surface area contributed by atoms with E-state index in [2.05, 4.69) is 35.6 Å². The molecule has 1 atom stereocenters. The van der Waals surface area contributed by atoms with E-state index in [1.807, 2.05) is 0 Å². The van der Waals surface area contributed by atoms with Gasteiger partial charge in [-0.1, -0.05) is 30.3 Å². The molecule has 0 spiro atoms. The Labute approximate surface area is 80.2 Å². The van der Waals surface area contributed by atoms with Crippen molar-refractivity contribution in [2.24, 2.45) is 0 Å². The van der Waals surface area contributed by atoms with Gasteiger partial charge in [-0.25, -0.2) is 0 Å². The summed E-state index contributed by atoms with van der Waals surface area (Å²) in [5.41, 5.74) is 1.52. The lowest BCUT2D eigenvalue weighted by molar-refractivity contribution is 0.609. The van der Waals surface area contributed by atoms with Crippen molar-refractivity contribution < 1.29 is 0 Å². The standard InChI is InChI=1S/C12H17N/c1-2-5-11(6-3-1)12-7-4-9-13-10-8-12/h1-3,5-6,12-13H,4,7-10H2/t12-/m1/s1. The second kappa shape index (κ2) is 4.43. The fourth-order valence-corrected chi connectivity index (χ4v) is 2.08. The first kappa shape index (κ1) is 8.76. The van der Waals surface area contributed by atoms with Crippen LogP contribution in [0.1, 0.15) is 30.7 Å². The fourth-order valence-electron chi connectivity index (χ4n) is 2.08. The summed E-state index contributed by atoms with van der Waals surface area (Å²) in [5, 5.41) is 3.45. The summed E-state index contributed by atoms with van der Waals surface area (Å²) in [5.74, 6) is 0.788. The Morgan fingerprint density at radius 1 is 1.00 bits per heavy atom. The largest absolute Gasteiger partial charge is 0.317 e. The highest BCUT2D eigenvalue weighted by molar-refractivity contribution is 5.19. The van der Waals surface area contributed by atoms with Gasteiger partial charge in [-0.05, 0) is 43.8 Å². The summed E-state index contributed by atoms with van der Waals surface area (Å²) >= 11 is 0. The average Bonchev–Trinajstić information content (AvgIpc) is 2.47. The van der Waals surface area contributed by atoms with E-state index >= 15 is 0 Å². The molecule has 70 valence electrons. The highest BCUT2D eigenvalue weighted by Crippen LogP contribution is 2.25. The summed E-state index contributed by atoms with van der Waals surface area (Å²) in [7, 11) is 0. The monoisotopic (exact) mass is 175 g/mol. The van der Waals surface area contributed by atoms with Crippen molar-refractivity contribution in [2.75, 3.05) is 13.1 Å². The van der Waals surface area contributed by atoms with Gasteiger partial charge in [-0.2, -0.15) is 0 Å². The van der Waals surface area contributed by atoms with Crippen molar-refractivity contribution in [3.63, 3.8) is 0 Å². The summed E-state index contributed by atoms with van der Waals surface area (Å²) in [4.78, 5) is 0. The Bertz CT molecular complexity index is 235. The molecule has 0 aliphatic carbocycles. The van der Waals surface area contributed by atoms with Gasteiger partial charge in [0.2, 0.25) is 0 Å². The minimum Gasteiger partial charge on any atom is -0.317 e. The summed E-state index contributed by atoms with van der Waals surface area (Å²) in [6, 6.07) is 10.9. The van der Waals surface area contributed by atoms with E-state index in [-0.39, 0.29) is 0 Å². The van der Waals surface area contributed by atoms with Crippen molar-refractivity contribution in [2.45, 2.75) is 25.2 Å². The van der Waals surface area contributed by atoms with E-state index in [9.17, 15) is 0 Å². The molecule has 1 fully saturated rings. The Balaban J connectivity index is 2.06. The maximum Gasteiger partial charge on any atom is -0.00431 e. The average molecular weight is 175 g/mol. The van der Waals surface area contributed by atoms with Gasteiger partial charge in [-0.3, -0.25) is 0 Å². The Kier molecular flexibility index (Phi) is 2.98. The summed E-state index contributed by atoms with van der Waals surface area (Å²) in [6.45, 7) is 2.38. The van der Waals surface area contributed by atoms with Crippen LogP contribution < -0.4 is 5.32 Å². The van der Waals surface area contributed by atoms with E-state index < -0.39 is 0 Å². The van der Waals surface area contributed by atoms with E-state index in [0.29, 0.717) is 0 Å². The van der Waals surface area contributed by atoms with Crippen LogP contribution in [0.3, 0.4) is 0 Å². The normalized spacial score (nSPS) is 23.8. The van der Waals surface area contributed by atoms with Crippen molar-refractivity contribution in [3.8, 4) is 0 Å². The number of benzene rings is 1. The van der Waals surface area contributed by atoms with Gasteiger partial charge in [0.25, 0.3) is 0 Å². The third-order valence-corrected chi connectivity index (χ3v) is 2.85. The van der Waals surface area contributed by atoms with Crippen molar-refractivity contribution in [3.05, 3.63) is 35.9 Å². The quantitative estimate of drug-likeness (QED) is 0.691. The summed E-state index contributed by atoms with van der Waals surface area (Å²) in [6.07, 6.45) is 3.96. The molecule has 1 saturated heterocycles. The molecule has 0 saturated carbocycles. The van der Waals surface area contributed by atoms with Gasteiger partial charge in [0, 0.05) is 0 Å². The number of hydrogen-bond acceptors (Lipinski definition) is 1. The molecular weight excluding hydrogens is 158 g/mol. The van der Waals surface area contributed by atoms with Crippen molar-refractivity contribution >= 4 is 0 Å². The van der Waals surface area contributed by atoms with E-state index in [1.54, 1.807) is 0 Å². The molecule has 13 heavy (non-hydrogen) atoms. The van der Waals surface area contributed by atoms with Crippen LogP contribution in [-0.4, -0.2) is 13.1 Å². The van der Waals surface area contributed by atoms with Crippen molar-refractivity contribution in [1.82, 2.24) is 5.32 Å². The minimum atomic E-state index is 0.788. The van der Waals surface area contributed by atoms with Crippen LogP contribution in [0.15, 0.2) is 30.3 Å². The van der Waals surface area contributed by atoms with E-state index in [4.69, 9.17) is 0 Å². The molecule has 0 unspecified atom stereocenters. The maximum absolute atomic E-state index is 3.45. The molecule has 0 aromatic heterocycles. The van der Waals surface area contributed by atoms with E-state index in [1.165, 1.54) is 37.9 Å². The zero-order chi connectivity index (χ0) is 8.93. The molecule has 1 aromatic rings. The lowest BCUT2D eigenvalue weighted by Crippen LogP contribution is -2.13. The molecule has 1 heteroatoms. The first-order valence-electron chi connectivity index (χ1n) is 5.22. The predicted molar refractivity (Wildman–Crippen MR) is 55.9 cm³/mol. The second-order valence-corrected chi connectivity index (χ2v) is 3.79. The van der Waals surface area contributed by atoms with Gasteiger partial charge in [-0.15, -0.1) is 0 Å². The molecule has 0 bridgehead atoms. The Morgan fingerprint density at radius 3 is 2.69 bits per heavy atom. The van der Waals surface area contributed by atoms with Crippen LogP contribution in [0.25, 0.3) is 0 Å². The highest BCUT2D eigenvalue weighted by Gasteiger charge is 2.12. The minimum absolute atomic E-state index is 0.788. The molecular formula is C12H17N. The fraction of sp³-hybridized carbons (Fsp3) is 0.500. The third kappa shape index (κ3) is 2.31.